The van der Waals surface area contributed by atoms with E-state index >= 15 is 0 Å². The van der Waals surface area contributed by atoms with Gasteiger partial charge < -0.3 is 4.57 Å². The second-order valence-electron chi connectivity index (χ2n) is 7.32. The standard InChI is InChI=1S/C21H27N5/c1-18-13-23-26(14-18)16-20-9-5-6-11-24(20)17-21-22-10-12-25(21)15-19-7-3-2-4-8-19/h2-4,7-8,10,12-14,20H,5-6,9,11,15-17H2,1H3. The van der Waals surface area contributed by atoms with Crippen LogP contribution in [0.1, 0.15) is 36.2 Å². The van der Waals surface area contributed by atoms with Crippen LogP contribution in [0.15, 0.2) is 55.1 Å². The van der Waals surface area contributed by atoms with Crippen molar-refractivity contribution in [1.29, 1.82) is 0 Å². The Kier molecular flexibility index (Phi) is 5.16. The van der Waals surface area contributed by atoms with Crippen LogP contribution in [0.25, 0.3) is 0 Å². The molecule has 1 aliphatic rings. The highest BCUT2D eigenvalue weighted by molar-refractivity contribution is 5.15. The van der Waals surface area contributed by atoms with Gasteiger partial charge in [0.15, 0.2) is 0 Å². The van der Waals surface area contributed by atoms with Crippen LogP contribution in [0.5, 0.6) is 0 Å². The first-order valence-electron chi connectivity index (χ1n) is 9.55. The lowest BCUT2D eigenvalue weighted by Gasteiger charge is -2.35. The van der Waals surface area contributed by atoms with E-state index in [-0.39, 0.29) is 0 Å². The SMILES string of the molecule is Cc1cnn(CC2CCCCN2Cc2nccn2Cc2ccccc2)c1. The molecule has 3 heterocycles. The Balaban J connectivity index is 1.46. The second kappa shape index (κ2) is 7.87. The minimum atomic E-state index is 0.532. The molecule has 1 aromatic carbocycles. The van der Waals surface area contributed by atoms with Crippen LogP contribution in [-0.2, 0) is 19.6 Å². The Labute approximate surface area is 155 Å². The predicted molar refractivity (Wildman–Crippen MR) is 103 cm³/mol. The number of nitrogens with zero attached hydrogens (tertiary/aromatic N) is 5. The summed E-state index contributed by atoms with van der Waals surface area (Å²) in [5.41, 5.74) is 2.54. The lowest BCUT2D eigenvalue weighted by Crippen LogP contribution is -2.42. The fourth-order valence-corrected chi connectivity index (χ4v) is 3.86. The normalized spacial score (nSPS) is 18.3. The summed E-state index contributed by atoms with van der Waals surface area (Å²) in [7, 11) is 0. The summed E-state index contributed by atoms with van der Waals surface area (Å²) < 4.78 is 4.37. The molecule has 4 rings (SSSR count). The van der Waals surface area contributed by atoms with Crippen molar-refractivity contribution in [1.82, 2.24) is 24.2 Å². The maximum atomic E-state index is 4.65. The molecule has 1 aliphatic heterocycles. The number of likely N-dealkylation sites (tertiary alicyclic amines) is 1. The zero-order valence-electron chi connectivity index (χ0n) is 15.5. The van der Waals surface area contributed by atoms with Gasteiger partial charge >= 0.3 is 0 Å². The van der Waals surface area contributed by atoms with Gasteiger partial charge in [-0.05, 0) is 37.4 Å². The van der Waals surface area contributed by atoms with Crippen LogP contribution in [-0.4, -0.2) is 36.8 Å². The number of aryl methyl sites for hydroxylation is 1. The maximum Gasteiger partial charge on any atom is 0.123 e. The molecular weight excluding hydrogens is 322 g/mol. The number of piperidine rings is 1. The number of aromatic nitrogens is 4. The van der Waals surface area contributed by atoms with Gasteiger partial charge in [0.05, 0.1) is 19.3 Å². The van der Waals surface area contributed by atoms with Crippen molar-refractivity contribution in [3.63, 3.8) is 0 Å². The summed E-state index contributed by atoms with van der Waals surface area (Å²) in [6.45, 7) is 6.00. The summed E-state index contributed by atoms with van der Waals surface area (Å²) in [4.78, 5) is 7.24. The van der Waals surface area contributed by atoms with Crippen molar-refractivity contribution in [2.45, 2.75) is 51.9 Å². The minimum absolute atomic E-state index is 0.532. The molecule has 1 fully saturated rings. The molecule has 0 N–H and O–H groups in total. The number of benzene rings is 1. The van der Waals surface area contributed by atoms with E-state index in [2.05, 4.69) is 73.9 Å². The number of rotatable bonds is 6. The van der Waals surface area contributed by atoms with E-state index in [1.807, 2.05) is 12.4 Å². The first-order chi connectivity index (χ1) is 12.8. The van der Waals surface area contributed by atoms with E-state index in [1.165, 1.54) is 30.4 Å². The van der Waals surface area contributed by atoms with Gasteiger partial charge in [0.1, 0.15) is 5.82 Å². The molecule has 0 spiro atoms. The number of imidazole rings is 1. The largest absolute Gasteiger partial charge is 0.329 e. The Morgan fingerprint density at radius 2 is 2.00 bits per heavy atom. The third-order valence-corrected chi connectivity index (χ3v) is 5.25. The van der Waals surface area contributed by atoms with E-state index < -0.39 is 0 Å². The molecule has 0 aliphatic carbocycles. The van der Waals surface area contributed by atoms with E-state index in [1.54, 1.807) is 0 Å². The molecule has 3 aromatic rings. The fourth-order valence-electron chi connectivity index (χ4n) is 3.86. The molecule has 136 valence electrons. The van der Waals surface area contributed by atoms with E-state index in [4.69, 9.17) is 0 Å². The van der Waals surface area contributed by atoms with E-state index in [0.29, 0.717) is 6.04 Å². The Morgan fingerprint density at radius 3 is 2.81 bits per heavy atom. The number of hydrogen-bond acceptors (Lipinski definition) is 3. The molecule has 0 bridgehead atoms. The zero-order chi connectivity index (χ0) is 17.8. The summed E-state index contributed by atoms with van der Waals surface area (Å²) in [6, 6.07) is 11.1. The smallest absolute Gasteiger partial charge is 0.123 e. The van der Waals surface area contributed by atoms with Crippen molar-refractivity contribution >= 4 is 0 Å². The highest BCUT2D eigenvalue weighted by Crippen LogP contribution is 2.21. The molecule has 0 saturated carbocycles. The van der Waals surface area contributed by atoms with Crippen LogP contribution in [0, 0.1) is 6.92 Å². The lowest BCUT2D eigenvalue weighted by atomic mass is 10.0. The van der Waals surface area contributed by atoms with Crippen molar-refractivity contribution in [2.24, 2.45) is 0 Å². The molecule has 0 radical (unpaired) electrons. The van der Waals surface area contributed by atoms with Gasteiger partial charge in [-0.3, -0.25) is 9.58 Å². The lowest BCUT2D eigenvalue weighted by molar-refractivity contribution is 0.117. The summed E-state index contributed by atoms with van der Waals surface area (Å²) >= 11 is 0. The van der Waals surface area contributed by atoms with E-state index in [9.17, 15) is 0 Å². The Bertz CT molecular complexity index is 820. The topological polar surface area (TPSA) is 38.9 Å². The van der Waals surface area contributed by atoms with Crippen LogP contribution in [0.4, 0.5) is 0 Å². The van der Waals surface area contributed by atoms with Crippen molar-refractivity contribution in [3.8, 4) is 0 Å². The highest BCUT2D eigenvalue weighted by atomic mass is 15.3. The fraction of sp³-hybridized carbons (Fsp3) is 0.429. The molecular formula is C21H27N5. The van der Waals surface area contributed by atoms with Gasteiger partial charge in [0, 0.05) is 31.2 Å². The molecule has 5 nitrogen and oxygen atoms in total. The van der Waals surface area contributed by atoms with Gasteiger partial charge in [-0.15, -0.1) is 0 Å². The van der Waals surface area contributed by atoms with Crippen molar-refractivity contribution in [2.75, 3.05) is 6.54 Å². The molecule has 1 atom stereocenters. The first kappa shape index (κ1) is 17.0. The molecule has 2 aromatic heterocycles. The quantitative estimate of drug-likeness (QED) is 0.684. The van der Waals surface area contributed by atoms with Gasteiger partial charge in [-0.25, -0.2) is 4.98 Å². The third kappa shape index (κ3) is 4.05. The van der Waals surface area contributed by atoms with Gasteiger partial charge in [0.25, 0.3) is 0 Å². The Hall–Kier alpha value is -2.40. The zero-order valence-corrected chi connectivity index (χ0v) is 15.5. The predicted octanol–water partition coefficient (Wildman–Crippen LogP) is 3.49. The monoisotopic (exact) mass is 349 g/mol. The molecule has 0 amide bonds. The van der Waals surface area contributed by atoms with Crippen LogP contribution in [0.2, 0.25) is 0 Å². The van der Waals surface area contributed by atoms with Gasteiger partial charge in [-0.1, -0.05) is 36.8 Å². The highest BCUT2D eigenvalue weighted by Gasteiger charge is 2.24. The van der Waals surface area contributed by atoms with Gasteiger partial charge in [-0.2, -0.15) is 5.10 Å². The molecule has 5 heteroatoms. The summed E-state index contributed by atoms with van der Waals surface area (Å²) in [6.07, 6.45) is 11.9. The molecule has 26 heavy (non-hydrogen) atoms. The Morgan fingerprint density at radius 1 is 1.12 bits per heavy atom. The maximum absolute atomic E-state index is 4.65. The van der Waals surface area contributed by atoms with Crippen LogP contribution >= 0.6 is 0 Å². The van der Waals surface area contributed by atoms with Gasteiger partial charge in [0.2, 0.25) is 0 Å². The minimum Gasteiger partial charge on any atom is -0.329 e. The van der Waals surface area contributed by atoms with Crippen LogP contribution < -0.4 is 0 Å². The second-order valence-corrected chi connectivity index (χ2v) is 7.32. The summed E-state index contributed by atoms with van der Waals surface area (Å²) in [5, 5.41) is 4.48. The molecule has 1 saturated heterocycles. The molecule has 1 unspecified atom stereocenters. The van der Waals surface area contributed by atoms with Crippen LogP contribution in [0.3, 0.4) is 0 Å². The number of hydrogen-bond donors (Lipinski definition) is 0. The van der Waals surface area contributed by atoms with Crippen molar-refractivity contribution in [3.05, 3.63) is 72.1 Å². The van der Waals surface area contributed by atoms with Crippen molar-refractivity contribution < 1.29 is 0 Å². The van der Waals surface area contributed by atoms with E-state index in [0.717, 1.165) is 32.0 Å². The third-order valence-electron chi connectivity index (χ3n) is 5.25. The average molecular weight is 349 g/mol. The summed E-state index contributed by atoms with van der Waals surface area (Å²) in [5.74, 6) is 1.15. The first-order valence-corrected chi connectivity index (χ1v) is 9.55. The average Bonchev–Trinajstić information content (AvgIpc) is 3.26.